The summed E-state index contributed by atoms with van der Waals surface area (Å²) >= 11 is 0. The van der Waals surface area contributed by atoms with Crippen molar-refractivity contribution in [2.75, 3.05) is 23.3 Å². The maximum absolute atomic E-state index is 13.0. The number of aryl methyl sites for hydroxylation is 1. The second-order valence-electron chi connectivity index (χ2n) is 8.56. The van der Waals surface area contributed by atoms with Crippen molar-refractivity contribution in [3.63, 3.8) is 0 Å². The van der Waals surface area contributed by atoms with Crippen LogP contribution in [-0.2, 0) is 11.2 Å². The van der Waals surface area contributed by atoms with Crippen molar-refractivity contribution in [2.45, 2.75) is 51.0 Å². The number of hydrogen-bond acceptors (Lipinski definition) is 4. The summed E-state index contributed by atoms with van der Waals surface area (Å²) in [6, 6.07) is 15.7. The number of amides is 1. The lowest BCUT2D eigenvalue weighted by Gasteiger charge is -2.30. The average Bonchev–Trinajstić information content (AvgIpc) is 3.64. The fourth-order valence-corrected chi connectivity index (χ4v) is 4.51. The van der Waals surface area contributed by atoms with Crippen LogP contribution in [0.3, 0.4) is 0 Å². The van der Waals surface area contributed by atoms with Crippen LogP contribution in [0.1, 0.15) is 50.4 Å². The van der Waals surface area contributed by atoms with Gasteiger partial charge < -0.3 is 10.2 Å². The first-order valence-corrected chi connectivity index (χ1v) is 11.3. The largest absolute Gasteiger partial charge is 0.370 e. The van der Waals surface area contributed by atoms with Gasteiger partial charge >= 0.3 is 0 Å². The van der Waals surface area contributed by atoms with Gasteiger partial charge in [0.2, 0.25) is 5.91 Å². The highest BCUT2D eigenvalue weighted by Crippen LogP contribution is 2.35. The van der Waals surface area contributed by atoms with Gasteiger partial charge in [-0.15, -0.1) is 0 Å². The molecule has 1 saturated heterocycles. The molecule has 0 radical (unpaired) electrons. The van der Waals surface area contributed by atoms with Crippen molar-refractivity contribution in [3.05, 3.63) is 64.7 Å². The van der Waals surface area contributed by atoms with Crippen molar-refractivity contribution < 1.29 is 4.79 Å². The summed E-state index contributed by atoms with van der Waals surface area (Å²) in [5, 5.41) is 3.75. The normalized spacial score (nSPS) is 16.5. The quantitative estimate of drug-likeness (QED) is 0.651. The topological polar surface area (TPSA) is 67.2 Å². The summed E-state index contributed by atoms with van der Waals surface area (Å²) in [4.78, 5) is 32.9. The monoisotopic (exact) mass is 416 g/mol. The van der Waals surface area contributed by atoms with Crippen LogP contribution in [-0.4, -0.2) is 28.5 Å². The number of piperidine rings is 1. The van der Waals surface area contributed by atoms with Gasteiger partial charge in [0.05, 0.1) is 22.3 Å². The zero-order valence-corrected chi connectivity index (χ0v) is 17.7. The Labute approximate surface area is 181 Å². The third-order valence-electron chi connectivity index (χ3n) is 6.24. The van der Waals surface area contributed by atoms with Gasteiger partial charge in [0.1, 0.15) is 5.82 Å². The highest BCUT2D eigenvalue weighted by atomic mass is 16.1. The van der Waals surface area contributed by atoms with Crippen LogP contribution in [0, 0.1) is 0 Å². The Balaban J connectivity index is 1.33. The van der Waals surface area contributed by atoms with Crippen LogP contribution in [0.15, 0.2) is 53.3 Å². The molecule has 1 N–H and O–H groups in total. The smallest absolute Gasteiger partial charge is 0.261 e. The summed E-state index contributed by atoms with van der Waals surface area (Å²) in [7, 11) is 0. The molecular weight excluding hydrogens is 388 g/mol. The van der Waals surface area contributed by atoms with E-state index in [1.165, 1.54) is 19.3 Å². The molecule has 2 aliphatic rings. The van der Waals surface area contributed by atoms with E-state index in [0.717, 1.165) is 37.3 Å². The second-order valence-corrected chi connectivity index (χ2v) is 8.56. The van der Waals surface area contributed by atoms with E-state index in [0.29, 0.717) is 29.6 Å². The number of aromatic nitrogens is 2. The van der Waals surface area contributed by atoms with Crippen molar-refractivity contribution in [1.29, 1.82) is 0 Å². The first kappa shape index (κ1) is 19.8. The lowest BCUT2D eigenvalue weighted by atomic mass is 10.1. The lowest BCUT2D eigenvalue weighted by Crippen LogP contribution is -2.30. The van der Waals surface area contributed by atoms with Crippen molar-refractivity contribution in [1.82, 2.24) is 9.55 Å². The average molecular weight is 417 g/mol. The Bertz CT molecular complexity index is 1160. The molecule has 3 aromatic rings. The van der Waals surface area contributed by atoms with Crippen molar-refractivity contribution in [3.8, 4) is 0 Å². The van der Waals surface area contributed by atoms with Gasteiger partial charge in [-0.1, -0.05) is 24.3 Å². The number of fused-ring (bicyclic) bond motifs is 1. The molecular formula is C25H28N4O2. The molecule has 0 atom stereocenters. The van der Waals surface area contributed by atoms with Crippen LogP contribution >= 0.6 is 0 Å². The Morgan fingerprint density at radius 1 is 1.00 bits per heavy atom. The molecule has 160 valence electrons. The highest BCUT2D eigenvalue weighted by Gasteiger charge is 2.28. The first-order chi connectivity index (χ1) is 15.2. The predicted octanol–water partition coefficient (Wildman–Crippen LogP) is 4.29. The summed E-state index contributed by atoms with van der Waals surface area (Å²) in [6.07, 6.45) is 6.40. The third kappa shape index (κ3) is 4.20. The van der Waals surface area contributed by atoms with E-state index in [-0.39, 0.29) is 17.5 Å². The fraction of sp³-hybridized carbons (Fsp3) is 0.400. The Morgan fingerprint density at radius 2 is 1.74 bits per heavy atom. The van der Waals surface area contributed by atoms with Crippen molar-refractivity contribution >= 4 is 28.2 Å². The van der Waals surface area contributed by atoms with E-state index >= 15 is 0 Å². The van der Waals surface area contributed by atoms with Crippen LogP contribution in [0.2, 0.25) is 0 Å². The third-order valence-corrected chi connectivity index (χ3v) is 6.24. The minimum atomic E-state index is -0.0470. The first-order valence-electron chi connectivity index (χ1n) is 11.3. The summed E-state index contributed by atoms with van der Waals surface area (Å²) < 4.78 is 1.82. The van der Waals surface area contributed by atoms with Crippen molar-refractivity contribution in [2.24, 2.45) is 0 Å². The van der Waals surface area contributed by atoms with E-state index in [4.69, 9.17) is 4.98 Å². The highest BCUT2D eigenvalue weighted by molar-refractivity contribution is 5.94. The standard InChI is InChI=1S/C25H28N4O2/c30-24(27-21-10-4-5-11-22(21)28-16-6-1-7-17-28)15-14-23-26-20-9-3-2-8-19(20)25(31)29(23)18-12-13-18/h2-5,8-11,18H,1,6-7,12-17H2,(H,27,30). The number of para-hydroxylation sites is 3. The molecule has 1 amide bonds. The molecule has 1 aromatic heterocycles. The fourth-order valence-electron chi connectivity index (χ4n) is 4.51. The number of nitrogens with zero attached hydrogens (tertiary/aromatic N) is 3. The van der Waals surface area contributed by atoms with Crippen LogP contribution in [0.4, 0.5) is 11.4 Å². The zero-order chi connectivity index (χ0) is 21.2. The van der Waals surface area contributed by atoms with Crippen LogP contribution in [0.25, 0.3) is 10.9 Å². The molecule has 1 aliphatic heterocycles. The molecule has 2 heterocycles. The van der Waals surface area contributed by atoms with E-state index in [1.807, 2.05) is 47.0 Å². The van der Waals surface area contributed by atoms with Crippen LogP contribution < -0.4 is 15.8 Å². The summed E-state index contributed by atoms with van der Waals surface area (Å²) in [5.74, 6) is 0.667. The van der Waals surface area contributed by atoms with Gasteiger partial charge in [0.25, 0.3) is 5.56 Å². The summed E-state index contributed by atoms with van der Waals surface area (Å²) in [5.41, 5.74) is 2.67. The summed E-state index contributed by atoms with van der Waals surface area (Å²) in [6.45, 7) is 2.06. The molecule has 31 heavy (non-hydrogen) atoms. The zero-order valence-electron chi connectivity index (χ0n) is 17.7. The lowest BCUT2D eigenvalue weighted by molar-refractivity contribution is -0.116. The SMILES string of the molecule is O=C(CCc1nc2ccccc2c(=O)n1C1CC1)Nc1ccccc1N1CCCCC1. The van der Waals surface area contributed by atoms with Gasteiger partial charge in [0, 0.05) is 32.0 Å². The molecule has 2 fully saturated rings. The number of carbonyl (C=O) groups excluding carboxylic acids is 1. The minimum Gasteiger partial charge on any atom is -0.370 e. The Hall–Kier alpha value is -3.15. The second kappa shape index (κ2) is 8.53. The number of benzene rings is 2. The van der Waals surface area contributed by atoms with E-state index < -0.39 is 0 Å². The van der Waals surface area contributed by atoms with Gasteiger partial charge in [-0.2, -0.15) is 0 Å². The molecule has 0 unspecified atom stereocenters. The number of rotatable bonds is 6. The molecule has 5 rings (SSSR count). The maximum Gasteiger partial charge on any atom is 0.261 e. The van der Waals surface area contributed by atoms with Gasteiger partial charge in [0.15, 0.2) is 0 Å². The number of carbonyl (C=O) groups is 1. The van der Waals surface area contributed by atoms with E-state index in [2.05, 4.69) is 16.3 Å². The minimum absolute atomic E-state index is 0.0129. The van der Waals surface area contributed by atoms with Gasteiger partial charge in [-0.25, -0.2) is 4.98 Å². The molecule has 0 spiro atoms. The van der Waals surface area contributed by atoms with E-state index in [1.54, 1.807) is 0 Å². The Morgan fingerprint density at radius 3 is 2.55 bits per heavy atom. The molecule has 2 aromatic carbocycles. The predicted molar refractivity (Wildman–Crippen MR) is 124 cm³/mol. The molecule has 6 heteroatoms. The van der Waals surface area contributed by atoms with E-state index in [9.17, 15) is 9.59 Å². The number of anilines is 2. The van der Waals surface area contributed by atoms with Gasteiger partial charge in [-0.05, 0) is 56.4 Å². The molecule has 6 nitrogen and oxygen atoms in total. The molecule has 1 aliphatic carbocycles. The molecule has 1 saturated carbocycles. The maximum atomic E-state index is 13.0. The van der Waals surface area contributed by atoms with Crippen LogP contribution in [0.5, 0.6) is 0 Å². The van der Waals surface area contributed by atoms with Gasteiger partial charge in [-0.3, -0.25) is 14.2 Å². The number of hydrogen-bond donors (Lipinski definition) is 1. The molecule has 0 bridgehead atoms. The number of nitrogens with one attached hydrogen (secondary N) is 1. The Kier molecular flexibility index (Phi) is 5.45.